The molecule has 144 valence electrons. The Bertz CT molecular complexity index is 604. The summed E-state index contributed by atoms with van der Waals surface area (Å²) >= 11 is 6.24. The third-order valence-corrected chi connectivity index (χ3v) is 4.08. The molecule has 7 nitrogen and oxygen atoms in total. The van der Waals surface area contributed by atoms with Crippen molar-refractivity contribution in [1.29, 1.82) is 0 Å². The lowest BCUT2D eigenvalue weighted by atomic mass is 10.2. The Morgan fingerprint density at radius 3 is 3.04 bits per heavy atom. The van der Waals surface area contributed by atoms with E-state index in [1.807, 2.05) is 14.1 Å². The number of halogens is 1. The summed E-state index contributed by atoms with van der Waals surface area (Å²) in [6.45, 7) is 2.45. The van der Waals surface area contributed by atoms with Crippen LogP contribution >= 0.6 is 11.6 Å². The number of hydrogen-bond acceptors (Lipinski definition) is 6. The molecule has 0 radical (unpaired) electrons. The molecule has 0 spiro atoms. The quantitative estimate of drug-likeness (QED) is 0.388. The van der Waals surface area contributed by atoms with Gasteiger partial charge in [-0.15, -0.1) is 0 Å². The SMILES string of the molecule is CN(C)CCCNc1ncc(/C=C/C(=O)NOC2CCCCO2)cc1Cl. The van der Waals surface area contributed by atoms with E-state index in [2.05, 4.69) is 20.7 Å². The van der Waals surface area contributed by atoms with Gasteiger partial charge in [0.1, 0.15) is 5.82 Å². The van der Waals surface area contributed by atoms with Crippen LogP contribution in [0.5, 0.6) is 0 Å². The first kappa shape index (κ1) is 20.6. The molecular formula is C18H27ClN4O3. The molecule has 26 heavy (non-hydrogen) atoms. The van der Waals surface area contributed by atoms with E-state index in [9.17, 15) is 4.79 Å². The fourth-order valence-electron chi connectivity index (χ4n) is 2.41. The number of carbonyl (C=O) groups excluding carboxylic acids is 1. The zero-order valence-electron chi connectivity index (χ0n) is 15.3. The summed E-state index contributed by atoms with van der Waals surface area (Å²) in [5.74, 6) is 0.283. The van der Waals surface area contributed by atoms with Crippen LogP contribution in [0.3, 0.4) is 0 Å². The Hall–Kier alpha value is -1.67. The van der Waals surface area contributed by atoms with Crippen molar-refractivity contribution in [2.75, 3.05) is 39.1 Å². The summed E-state index contributed by atoms with van der Waals surface area (Å²) in [4.78, 5) is 23.4. The fraction of sp³-hybridized carbons (Fsp3) is 0.556. The van der Waals surface area contributed by atoms with Gasteiger partial charge in [-0.25, -0.2) is 15.3 Å². The summed E-state index contributed by atoms with van der Waals surface area (Å²) in [7, 11) is 4.07. The number of hydroxylamine groups is 1. The summed E-state index contributed by atoms with van der Waals surface area (Å²) < 4.78 is 5.38. The lowest BCUT2D eigenvalue weighted by Crippen LogP contribution is -2.32. The van der Waals surface area contributed by atoms with Gasteiger partial charge >= 0.3 is 0 Å². The van der Waals surface area contributed by atoms with Gasteiger partial charge in [0.2, 0.25) is 0 Å². The van der Waals surface area contributed by atoms with Gasteiger partial charge in [-0.2, -0.15) is 0 Å². The van der Waals surface area contributed by atoms with Crippen molar-refractivity contribution in [2.24, 2.45) is 0 Å². The van der Waals surface area contributed by atoms with Gasteiger partial charge < -0.3 is 15.0 Å². The number of pyridine rings is 1. The van der Waals surface area contributed by atoms with E-state index in [-0.39, 0.29) is 12.2 Å². The average Bonchev–Trinajstić information content (AvgIpc) is 2.63. The van der Waals surface area contributed by atoms with E-state index in [4.69, 9.17) is 21.2 Å². The number of hydrogen-bond donors (Lipinski definition) is 2. The minimum atomic E-state index is -0.366. The number of aromatic nitrogens is 1. The van der Waals surface area contributed by atoms with E-state index in [0.717, 1.165) is 44.3 Å². The van der Waals surface area contributed by atoms with Crippen LogP contribution in [0.4, 0.5) is 5.82 Å². The second kappa shape index (κ2) is 11.1. The molecule has 1 amide bonds. The average molecular weight is 383 g/mol. The van der Waals surface area contributed by atoms with Gasteiger partial charge in [0, 0.05) is 31.8 Å². The highest BCUT2D eigenvalue weighted by molar-refractivity contribution is 6.33. The Morgan fingerprint density at radius 1 is 1.50 bits per heavy atom. The molecule has 2 N–H and O–H groups in total. The Labute approximate surface area is 159 Å². The number of ether oxygens (including phenoxy) is 1. The molecule has 0 bridgehead atoms. The molecule has 8 heteroatoms. The largest absolute Gasteiger partial charge is 0.369 e. The number of amides is 1. The predicted molar refractivity (Wildman–Crippen MR) is 103 cm³/mol. The molecule has 2 rings (SSSR count). The monoisotopic (exact) mass is 382 g/mol. The Balaban J connectivity index is 1.76. The summed E-state index contributed by atoms with van der Waals surface area (Å²) in [6, 6.07) is 1.76. The van der Waals surface area contributed by atoms with Crippen molar-refractivity contribution in [3.63, 3.8) is 0 Å². The number of rotatable bonds is 9. The molecule has 1 aliphatic heterocycles. The highest BCUT2D eigenvalue weighted by atomic mass is 35.5. The molecule has 0 saturated carbocycles. The van der Waals surface area contributed by atoms with Crippen molar-refractivity contribution < 1.29 is 14.4 Å². The van der Waals surface area contributed by atoms with Crippen LogP contribution in [0.1, 0.15) is 31.2 Å². The highest BCUT2D eigenvalue weighted by Gasteiger charge is 2.14. The lowest BCUT2D eigenvalue weighted by Gasteiger charge is -2.21. The number of carbonyl (C=O) groups is 1. The van der Waals surface area contributed by atoms with Gasteiger partial charge in [-0.1, -0.05) is 11.6 Å². The molecule has 1 aliphatic rings. The van der Waals surface area contributed by atoms with Crippen LogP contribution in [-0.2, 0) is 14.4 Å². The second-order valence-corrected chi connectivity index (χ2v) is 6.80. The standard InChI is InChI=1S/C18H27ClN4O3/c1-23(2)10-5-9-20-18-15(19)12-14(13-21-18)7-8-16(24)22-26-17-6-3-4-11-25-17/h7-8,12-13,17H,3-6,9-11H2,1-2H3,(H,20,21)(H,22,24)/b8-7+. The van der Waals surface area contributed by atoms with Crippen molar-refractivity contribution in [1.82, 2.24) is 15.4 Å². The number of nitrogens with zero attached hydrogens (tertiary/aromatic N) is 2. The van der Waals surface area contributed by atoms with E-state index >= 15 is 0 Å². The first-order chi connectivity index (χ1) is 12.5. The van der Waals surface area contributed by atoms with E-state index in [1.54, 1.807) is 18.3 Å². The molecule has 0 aliphatic carbocycles. The third kappa shape index (κ3) is 7.70. The van der Waals surface area contributed by atoms with Crippen molar-refractivity contribution in [3.05, 3.63) is 28.9 Å². The molecule has 1 atom stereocenters. The molecule has 1 saturated heterocycles. The van der Waals surface area contributed by atoms with E-state index in [0.29, 0.717) is 17.4 Å². The molecule has 1 aromatic rings. The topological polar surface area (TPSA) is 75.7 Å². The molecular weight excluding hydrogens is 356 g/mol. The van der Waals surface area contributed by atoms with Crippen LogP contribution in [0.15, 0.2) is 18.3 Å². The lowest BCUT2D eigenvalue weighted by molar-refractivity contribution is -0.198. The summed E-state index contributed by atoms with van der Waals surface area (Å²) in [5, 5.41) is 3.73. The maximum Gasteiger partial charge on any atom is 0.267 e. The molecule has 0 aromatic carbocycles. The third-order valence-electron chi connectivity index (χ3n) is 3.79. The van der Waals surface area contributed by atoms with Crippen molar-refractivity contribution in [2.45, 2.75) is 32.0 Å². The first-order valence-electron chi connectivity index (χ1n) is 8.84. The van der Waals surface area contributed by atoms with Gasteiger partial charge in [0.25, 0.3) is 5.91 Å². The molecule has 1 aromatic heterocycles. The van der Waals surface area contributed by atoms with Crippen LogP contribution in [0, 0.1) is 0 Å². The molecule has 1 fully saturated rings. The van der Waals surface area contributed by atoms with Gasteiger partial charge in [0.15, 0.2) is 6.29 Å². The second-order valence-electron chi connectivity index (χ2n) is 6.40. The van der Waals surface area contributed by atoms with Gasteiger partial charge in [-0.05, 0) is 57.6 Å². The minimum absolute atomic E-state index is 0.360. The predicted octanol–water partition coefficient (Wildman–Crippen LogP) is 2.69. The van der Waals surface area contributed by atoms with Crippen LogP contribution in [0.2, 0.25) is 5.02 Å². The Morgan fingerprint density at radius 2 is 2.35 bits per heavy atom. The normalized spacial score (nSPS) is 17.6. The van der Waals surface area contributed by atoms with Gasteiger partial charge in [0.05, 0.1) is 5.02 Å². The fourth-order valence-corrected chi connectivity index (χ4v) is 2.65. The van der Waals surface area contributed by atoms with Crippen LogP contribution in [0.25, 0.3) is 6.08 Å². The summed E-state index contributed by atoms with van der Waals surface area (Å²) in [6.07, 6.45) is 8.15. The zero-order chi connectivity index (χ0) is 18.8. The van der Waals surface area contributed by atoms with Crippen LogP contribution < -0.4 is 10.8 Å². The number of anilines is 1. The molecule has 2 heterocycles. The summed E-state index contributed by atoms with van der Waals surface area (Å²) in [5.41, 5.74) is 3.11. The molecule has 1 unspecified atom stereocenters. The zero-order valence-corrected chi connectivity index (χ0v) is 16.1. The van der Waals surface area contributed by atoms with Crippen LogP contribution in [-0.4, -0.2) is 55.9 Å². The van der Waals surface area contributed by atoms with Crippen molar-refractivity contribution >= 4 is 29.4 Å². The first-order valence-corrected chi connectivity index (χ1v) is 9.22. The van der Waals surface area contributed by atoms with Crippen molar-refractivity contribution in [3.8, 4) is 0 Å². The number of nitrogens with one attached hydrogen (secondary N) is 2. The van der Waals surface area contributed by atoms with E-state index in [1.165, 1.54) is 6.08 Å². The smallest absolute Gasteiger partial charge is 0.267 e. The maximum atomic E-state index is 11.8. The van der Waals surface area contributed by atoms with E-state index < -0.39 is 0 Å². The highest BCUT2D eigenvalue weighted by Crippen LogP contribution is 2.20. The maximum absolute atomic E-state index is 11.8. The minimum Gasteiger partial charge on any atom is -0.369 e. The Kier molecular flexibility index (Phi) is 8.84. The van der Waals surface area contributed by atoms with Gasteiger partial charge in [-0.3, -0.25) is 4.79 Å².